The molecular weight excluding hydrogens is 266 g/mol. The first-order chi connectivity index (χ1) is 9.31. The Balaban J connectivity index is 1.79. The molecule has 2 aromatic rings. The van der Waals surface area contributed by atoms with Crippen molar-refractivity contribution >= 4 is 23.2 Å². The molecule has 0 saturated heterocycles. The predicted octanol–water partition coefficient (Wildman–Crippen LogP) is 2.40. The number of halogens is 1. The maximum atomic E-state index is 5.92. The van der Waals surface area contributed by atoms with Crippen molar-refractivity contribution in [1.29, 1.82) is 0 Å². The third-order valence-corrected chi connectivity index (χ3v) is 2.83. The zero-order valence-electron chi connectivity index (χ0n) is 11.0. The minimum Gasteiger partial charge on any atom is -0.381 e. The van der Waals surface area contributed by atoms with E-state index in [9.17, 15) is 0 Å². The Morgan fingerprint density at radius 3 is 3.05 bits per heavy atom. The number of nitrogens with zero attached hydrogens (tertiary/aromatic N) is 4. The van der Waals surface area contributed by atoms with E-state index in [0.717, 1.165) is 44.8 Å². The van der Waals surface area contributed by atoms with Crippen molar-refractivity contribution in [2.45, 2.75) is 26.2 Å². The summed E-state index contributed by atoms with van der Waals surface area (Å²) in [6.07, 6.45) is 4.67. The molecular formula is C12H18ClN5O. The van der Waals surface area contributed by atoms with Crippen LogP contribution < -0.4 is 5.32 Å². The number of ether oxygens (including phenoxy) is 1. The Morgan fingerprint density at radius 1 is 1.37 bits per heavy atom. The summed E-state index contributed by atoms with van der Waals surface area (Å²) in [5.74, 6) is 1.29. The smallest absolute Gasteiger partial charge is 0.255 e. The highest BCUT2D eigenvalue weighted by atomic mass is 35.5. The summed E-state index contributed by atoms with van der Waals surface area (Å²) in [6.45, 7) is 4.54. The lowest BCUT2D eigenvalue weighted by molar-refractivity contribution is 0.131. The highest BCUT2D eigenvalue weighted by Crippen LogP contribution is 2.14. The molecule has 0 aliphatic rings. The molecule has 0 aromatic carbocycles. The number of anilines is 1. The third-order valence-electron chi connectivity index (χ3n) is 2.63. The van der Waals surface area contributed by atoms with Crippen LogP contribution in [0.4, 0.5) is 5.82 Å². The molecule has 0 aliphatic carbocycles. The lowest BCUT2D eigenvalue weighted by Gasteiger charge is -2.08. The highest BCUT2D eigenvalue weighted by Gasteiger charge is 2.05. The zero-order chi connectivity index (χ0) is 13.5. The van der Waals surface area contributed by atoms with E-state index in [-0.39, 0.29) is 0 Å². The molecule has 2 rings (SSSR count). The fraction of sp³-hybridized carbons (Fsp3) is 0.583. The van der Waals surface area contributed by atoms with Crippen LogP contribution in [0.2, 0.25) is 5.15 Å². The minimum atomic E-state index is 0.405. The number of unbranched alkanes of at least 4 members (excludes halogenated alkanes) is 1. The fourth-order valence-corrected chi connectivity index (χ4v) is 1.83. The molecule has 0 atom stereocenters. The van der Waals surface area contributed by atoms with Crippen LogP contribution in [0.1, 0.15) is 26.2 Å². The molecule has 0 fully saturated rings. The molecule has 2 heterocycles. The van der Waals surface area contributed by atoms with Gasteiger partial charge in [-0.05, 0) is 12.8 Å². The van der Waals surface area contributed by atoms with Gasteiger partial charge < -0.3 is 10.1 Å². The summed E-state index contributed by atoms with van der Waals surface area (Å²) in [7, 11) is 0. The van der Waals surface area contributed by atoms with Gasteiger partial charge in [-0.2, -0.15) is 19.6 Å². The lowest BCUT2D eigenvalue weighted by Crippen LogP contribution is -2.10. The van der Waals surface area contributed by atoms with E-state index >= 15 is 0 Å². The predicted molar refractivity (Wildman–Crippen MR) is 74.6 cm³/mol. The van der Waals surface area contributed by atoms with Gasteiger partial charge in [0.25, 0.3) is 5.78 Å². The van der Waals surface area contributed by atoms with E-state index in [2.05, 4.69) is 27.3 Å². The molecule has 0 amide bonds. The van der Waals surface area contributed by atoms with E-state index in [1.54, 1.807) is 10.6 Å². The number of fused-ring (bicyclic) bond motifs is 1. The number of hydrogen-bond donors (Lipinski definition) is 1. The van der Waals surface area contributed by atoms with E-state index in [1.807, 2.05) is 0 Å². The Bertz CT molecular complexity index is 516. The normalized spacial score (nSPS) is 11.1. The number of nitrogens with one attached hydrogen (secondary N) is 1. The monoisotopic (exact) mass is 283 g/mol. The number of hydrogen-bond acceptors (Lipinski definition) is 5. The van der Waals surface area contributed by atoms with Crippen LogP contribution in [0, 0.1) is 0 Å². The average molecular weight is 284 g/mol. The Hall–Kier alpha value is -1.40. The van der Waals surface area contributed by atoms with E-state index in [4.69, 9.17) is 16.3 Å². The molecule has 0 saturated carbocycles. The van der Waals surface area contributed by atoms with Crippen LogP contribution in [0.3, 0.4) is 0 Å². The summed E-state index contributed by atoms with van der Waals surface area (Å²) in [6, 6.07) is 1.74. The van der Waals surface area contributed by atoms with Crippen molar-refractivity contribution in [1.82, 2.24) is 19.6 Å². The van der Waals surface area contributed by atoms with Gasteiger partial charge in [0.05, 0.1) is 0 Å². The molecule has 0 aliphatic heterocycles. The lowest BCUT2D eigenvalue weighted by atomic mass is 10.3. The van der Waals surface area contributed by atoms with Crippen LogP contribution in [-0.4, -0.2) is 39.3 Å². The second-order valence-electron chi connectivity index (χ2n) is 4.18. The van der Waals surface area contributed by atoms with Crippen molar-refractivity contribution in [3.05, 3.63) is 17.5 Å². The van der Waals surface area contributed by atoms with Gasteiger partial charge in [-0.1, -0.05) is 24.9 Å². The van der Waals surface area contributed by atoms with Crippen molar-refractivity contribution in [2.24, 2.45) is 0 Å². The van der Waals surface area contributed by atoms with E-state index in [1.165, 1.54) is 6.33 Å². The largest absolute Gasteiger partial charge is 0.381 e. The van der Waals surface area contributed by atoms with Crippen LogP contribution in [0.15, 0.2) is 12.4 Å². The molecule has 2 aromatic heterocycles. The van der Waals surface area contributed by atoms with Gasteiger partial charge >= 0.3 is 0 Å². The molecule has 0 radical (unpaired) electrons. The fourth-order valence-electron chi connectivity index (χ4n) is 1.65. The molecule has 1 N–H and O–H groups in total. The minimum absolute atomic E-state index is 0.405. The topological polar surface area (TPSA) is 64.3 Å². The average Bonchev–Trinajstić information content (AvgIpc) is 2.85. The Labute approximate surface area is 117 Å². The molecule has 0 spiro atoms. The Kier molecular flexibility index (Phi) is 5.35. The zero-order valence-corrected chi connectivity index (χ0v) is 11.7. The first kappa shape index (κ1) is 14.0. The Morgan fingerprint density at radius 2 is 2.21 bits per heavy atom. The first-order valence-corrected chi connectivity index (χ1v) is 6.87. The van der Waals surface area contributed by atoms with Gasteiger partial charge in [-0.3, -0.25) is 0 Å². The molecule has 6 nitrogen and oxygen atoms in total. The van der Waals surface area contributed by atoms with E-state index < -0.39 is 0 Å². The number of rotatable bonds is 8. The van der Waals surface area contributed by atoms with Crippen LogP contribution in [-0.2, 0) is 4.74 Å². The summed E-state index contributed by atoms with van der Waals surface area (Å²) in [5, 5.41) is 7.76. The first-order valence-electron chi connectivity index (χ1n) is 6.49. The molecule has 19 heavy (non-hydrogen) atoms. The quantitative estimate of drug-likeness (QED) is 0.595. The van der Waals surface area contributed by atoms with Gasteiger partial charge in [-0.25, -0.2) is 0 Å². The van der Waals surface area contributed by atoms with Crippen molar-refractivity contribution in [3.8, 4) is 0 Å². The van der Waals surface area contributed by atoms with Crippen LogP contribution >= 0.6 is 11.6 Å². The number of aromatic nitrogens is 4. The molecule has 104 valence electrons. The van der Waals surface area contributed by atoms with Crippen molar-refractivity contribution < 1.29 is 4.74 Å². The maximum Gasteiger partial charge on any atom is 0.255 e. The van der Waals surface area contributed by atoms with Crippen LogP contribution in [0.5, 0.6) is 0 Å². The summed E-state index contributed by atoms with van der Waals surface area (Å²) in [5.41, 5.74) is 0. The standard InChI is InChI=1S/C12H18ClN5O/c1-2-3-6-19-7-4-5-14-11-8-10(13)17-12-15-9-16-18(11)12/h8-9,14H,2-7H2,1H3. The summed E-state index contributed by atoms with van der Waals surface area (Å²) >= 11 is 5.92. The van der Waals surface area contributed by atoms with Gasteiger partial charge in [-0.15, -0.1) is 0 Å². The maximum absolute atomic E-state index is 5.92. The second kappa shape index (κ2) is 7.25. The molecule has 0 bridgehead atoms. The third kappa shape index (κ3) is 4.04. The highest BCUT2D eigenvalue weighted by molar-refractivity contribution is 6.29. The molecule has 7 heteroatoms. The van der Waals surface area contributed by atoms with Gasteiger partial charge in [0.15, 0.2) is 0 Å². The van der Waals surface area contributed by atoms with Crippen molar-refractivity contribution in [3.63, 3.8) is 0 Å². The summed E-state index contributed by atoms with van der Waals surface area (Å²) < 4.78 is 7.12. The SMILES string of the molecule is CCCCOCCCNc1cc(Cl)nc2ncnn12. The van der Waals surface area contributed by atoms with Gasteiger partial charge in [0, 0.05) is 25.8 Å². The van der Waals surface area contributed by atoms with Crippen molar-refractivity contribution in [2.75, 3.05) is 25.1 Å². The summed E-state index contributed by atoms with van der Waals surface area (Å²) in [4.78, 5) is 8.07. The second-order valence-corrected chi connectivity index (χ2v) is 4.57. The van der Waals surface area contributed by atoms with Gasteiger partial charge in [0.1, 0.15) is 17.3 Å². The van der Waals surface area contributed by atoms with E-state index in [0.29, 0.717) is 10.9 Å². The molecule has 0 unspecified atom stereocenters. The van der Waals surface area contributed by atoms with Gasteiger partial charge in [0.2, 0.25) is 0 Å². The van der Waals surface area contributed by atoms with Crippen LogP contribution in [0.25, 0.3) is 5.78 Å².